The Labute approximate surface area is 91.7 Å². The lowest BCUT2D eigenvalue weighted by molar-refractivity contribution is -0.384. The summed E-state index contributed by atoms with van der Waals surface area (Å²) < 4.78 is 1.72. The fourth-order valence-corrected chi connectivity index (χ4v) is 1.55. The molecular formula is C11H10N2O3. The van der Waals surface area contributed by atoms with Gasteiger partial charge in [0.2, 0.25) is 0 Å². The molecule has 1 N–H and O–H groups in total. The number of rotatable bonds is 3. The van der Waals surface area contributed by atoms with Gasteiger partial charge in [0, 0.05) is 24.0 Å². The molecular weight excluding hydrogens is 208 g/mol. The van der Waals surface area contributed by atoms with Crippen LogP contribution < -0.4 is 0 Å². The van der Waals surface area contributed by atoms with Gasteiger partial charge in [-0.15, -0.1) is 0 Å². The van der Waals surface area contributed by atoms with Gasteiger partial charge >= 0.3 is 0 Å². The van der Waals surface area contributed by atoms with Gasteiger partial charge in [-0.1, -0.05) is 6.07 Å². The number of nitro benzene ring substituents is 1. The summed E-state index contributed by atoms with van der Waals surface area (Å²) in [5.74, 6) is 0. The van der Waals surface area contributed by atoms with E-state index in [1.54, 1.807) is 35.0 Å². The maximum absolute atomic E-state index is 10.6. The molecule has 0 spiro atoms. The molecule has 1 aromatic heterocycles. The molecule has 2 aromatic rings. The van der Waals surface area contributed by atoms with Crippen LogP contribution in [0.3, 0.4) is 0 Å². The van der Waals surface area contributed by atoms with Gasteiger partial charge in [0.05, 0.1) is 17.2 Å². The largest absolute Gasteiger partial charge is 0.390 e. The zero-order valence-corrected chi connectivity index (χ0v) is 8.41. The number of aliphatic hydroxyl groups excluding tert-OH is 1. The lowest BCUT2D eigenvalue weighted by atomic mass is 10.2. The van der Waals surface area contributed by atoms with Crippen LogP contribution in [-0.2, 0) is 6.61 Å². The number of aromatic nitrogens is 1. The summed E-state index contributed by atoms with van der Waals surface area (Å²) in [5, 5.41) is 19.7. The average molecular weight is 218 g/mol. The Morgan fingerprint density at radius 1 is 1.31 bits per heavy atom. The molecule has 16 heavy (non-hydrogen) atoms. The van der Waals surface area contributed by atoms with Crippen LogP contribution in [0, 0.1) is 10.1 Å². The fourth-order valence-electron chi connectivity index (χ4n) is 1.55. The molecule has 82 valence electrons. The van der Waals surface area contributed by atoms with Crippen molar-refractivity contribution in [2.24, 2.45) is 0 Å². The van der Waals surface area contributed by atoms with E-state index in [1.165, 1.54) is 12.1 Å². The quantitative estimate of drug-likeness (QED) is 0.631. The van der Waals surface area contributed by atoms with Crippen molar-refractivity contribution in [3.63, 3.8) is 0 Å². The number of aliphatic hydroxyl groups is 1. The van der Waals surface area contributed by atoms with E-state index in [0.29, 0.717) is 11.4 Å². The van der Waals surface area contributed by atoms with E-state index in [2.05, 4.69) is 0 Å². The molecule has 2 rings (SSSR count). The smallest absolute Gasteiger partial charge is 0.271 e. The fraction of sp³-hybridized carbons (Fsp3) is 0.0909. The van der Waals surface area contributed by atoms with Crippen LogP contribution >= 0.6 is 0 Å². The van der Waals surface area contributed by atoms with Gasteiger partial charge in [0.25, 0.3) is 5.69 Å². The monoisotopic (exact) mass is 218 g/mol. The van der Waals surface area contributed by atoms with Crippen molar-refractivity contribution in [3.05, 3.63) is 58.4 Å². The van der Waals surface area contributed by atoms with E-state index in [1.807, 2.05) is 0 Å². The van der Waals surface area contributed by atoms with Crippen molar-refractivity contribution in [1.82, 2.24) is 4.57 Å². The number of nitro groups is 1. The molecule has 0 aliphatic heterocycles. The van der Waals surface area contributed by atoms with Crippen molar-refractivity contribution in [3.8, 4) is 5.69 Å². The van der Waals surface area contributed by atoms with Gasteiger partial charge in [-0.25, -0.2) is 0 Å². The van der Waals surface area contributed by atoms with Gasteiger partial charge in [-0.2, -0.15) is 0 Å². The van der Waals surface area contributed by atoms with E-state index in [9.17, 15) is 10.1 Å². The molecule has 0 bridgehead atoms. The molecule has 1 aromatic carbocycles. The van der Waals surface area contributed by atoms with E-state index in [4.69, 9.17) is 5.11 Å². The van der Waals surface area contributed by atoms with Crippen molar-refractivity contribution in [2.45, 2.75) is 6.61 Å². The SMILES string of the molecule is O=[N+]([O-])c1cccc(-n2cccc2CO)c1. The van der Waals surface area contributed by atoms with Crippen LogP contribution in [0.15, 0.2) is 42.6 Å². The summed E-state index contributed by atoms with van der Waals surface area (Å²) in [6.07, 6.45) is 1.75. The van der Waals surface area contributed by atoms with Crippen LogP contribution in [0.4, 0.5) is 5.69 Å². The number of benzene rings is 1. The highest BCUT2D eigenvalue weighted by atomic mass is 16.6. The Bertz CT molecular complexity index is 519. The van der Waals surface area contributed by atoms with E-state index >= 15 is 0 Å². The highest BCUT2D eigenvalue weighted by Crippen LogP contribution is 2.18. The third-order valence-corrected chi connectivity index (χ3v) is 2.31. The first kappa shape index (κ1) is 10.4. The zero-order chi connectivity index (χ0) is 11.5. The second kappa shape index (κ2) is 4.16. The molecule has 0 saturated heterocycles. The molecule has 0 radical (unpaired) electrons. The van der Waals surface area contributed by atoms with Crippen LogP contribution in [0.5, 0.6) is 0 Å². The summed E-state index contributed by atoms with van der Waals surface area (Å²) in [4.78, 5) is 10.2. The van der Waals surface area contributed by atoms with Crippen LogP contribution in [0.1, 0.15) is 5.69 Å². The molecule has 0 aliphatic carbocycles. The van der Waals surface area contributed by atoms with Gasteiger partial charge in [0.1, 0.15) is 0 Å². The normalized spacial score (nSPS) is 10.3. The topological polar surface area (TPSA) is 68.3 Å². The molecule has 5 nitrogen and oxygen atoms in total. The predicted octanol–water partition coefficient (Wildman–Crippen LogP) is 1.88. The second-order valence-corrected chi connectivity index (χ2v) is 3.30. The van der Waals surface area contributed by atoms with Crippen molar-refractivity contribution in [1.29, 1.82) is 0 Å². The average Bonchev–Trinajstić information content (AvgIpc) is 2.77. The maximum Gasteiger partial charge on any atom is 0.271 e. The summed E-state index contributed by atoms with van der Waals surface area (Å²) >= 11 is 0. The van der Waals surface area contributed by atoms with Crippen LogP contribution in [0.2, 0.25) is 0 Å². The molecule has 1 heterocycles. The molecule has 0 unspecified atom stereocenters. The minimum absolute atomic E-state index is 0.0371. The van der Waals surface area contributed by atoms with Crippen LogP contribution in [0.25, 0.3) is 5.69 Å². The zero-order valence-electron chi connectivity index (χ0n) is 8.41. The first-order valence-electron chi connectivity index (χ1n) is 4.74. The minimum Gasteiger partial charge on any atom is -0.390 e. The second-order valence-electron chi connectivity index (χ2n) is 3.30. The highest BCUT2D eigenvalue weighted by molar-refractivity contribution is 5.44. The molecule has 0 aliphatic rings. The Kier molecular flexibility index (Phi) is 2.70. The molecule has 0 saturated carbocycles. The van der Waals surface area contributed by atoms with E-state index in [0.717, 1.165) is 0 Å². The lowest BCUT2D eigenvalue weighted by Gasteiger charge is -2.06. The van der Waals surface area contributed by atoms with Crippen LogP contribution in [-0.4, -0.2) is 14.6 Å². The molecule has 0 atom stereocenters. The molecule has 0 fully saturated rings. The van der Waals surface area contributed by atoms with Gasteiger partial charge in [-0.05, 0) is 18.2 Å². The summed E-state index contributed by atoms with van der Waals surface area (Å²) in [5.41, 5.74) is 1.40. The molecule has 0 amide bonds. The third kappa shape index (κ3) is 1.80. The van der Waals surface area contributed by atoms with E-state index < -0.39 is 4.92 Å². The Morgan fingerprint density at radius 3 is 2.81 bits per heavy atom. The highest BCUT2D eigenvalue weighted by Gasteiger charge is 2.08. The summed E-state index contributed by atoms with van der Waals surface area (Å²) in [7, 11) is 0. The van der Waals surface area contributed by atoms with Gasteiger partial charge in [-0.3, -0.25) is 10.1 Å². The van der Waals surface area contributed by atoms with E-state index in [-0.39, 0.29) is 12.3 Å². The maximum atomic E-state index is 10.6. The predicted molar refractivity (Wildman–Crippen MR) is 58.3 cm³/mol. The number of hydrogen-bond donors (Lipinski definition) is 1. The Morgan fingerprint density at radius 2 is 2.12 bits per heavy atom. The number of non-ortho nitro benzene ring substituents is 1. The third-order valence-electron chi connectivity index (χ3n) is 2.31. The first-order valence-corrected chi connectivity index (χ1v) is 4.74. The Hall–Kier alpha value is -2.14. The van der Waals surface area contributed by atoms with Crippen molar-refractivity contribution >= 4 is 5.69 Å². The summed E-state index contributed by atoms with van der Waals surface area (Å²) in [6, 6.07) is 9.83. The van der Waals surface area contributed by atoms with Gasteiger partial charge < -0.3 is 9.67 Å². The lowest BCUT2D eigenvalue weighted by Crippen LogP contribution is -1.99. The summed E-state index contributed by atoms with van der Waals surface area (Å²) in [6.45, 7) is -0.101. The number of hydrogen-bond acceptors (Lipinski definition) is 3. The Balaban J connectivity index is 2.48. The van der Waals surface area contributed by atoms with Crippen molar-refractivity contribution < 1.29 is 10.0 Å². The minimum atomic E-state index is -0.439. The standard InChI is InChI=1S/C11H10N2O3/c14-8-11-5-2-6-12(11)9-3-1-4-10(7-9)13(15)16/h1-7,14H,8H2. The van der Waals surface area contributed by atoms with Crippen molar-refractivity contribution in [2.75, 3.05) is 0 Å². The number of nitrogens with zero attached hydrogens (tertiary/aromatic N) is 2. The molecule has 5 heteroatoms. The first-order chi connectivity index (χ1) is 7.72. The van der Waals surface area contributed by atoms with Gasteiger partial charge in [0.15, 0.2) is 0 Å².